The predicted molar refractivity (Wildman–Crippen MR) is 89.1 cm³/mol. The summed E-state index contributed by atoms with van der Waals surface area (Å²) in [5.74, 6) is 1.08. The summed E-state index contributed by atoms with van der Waals surface area (Å²) < 4.78 is 5.57. The van der Waals surface area contributed by atoms with Gasteiger partial charge in [0.1, 0.15) is 5.03 Å². The Balaban J connectivity index is 2.11. The Labute approximate surface area is 130 Å². The standard InChI is InChI=1S/C17H22N2OS/c1-4-11-20-17-15(18)9-10-16(19-17)21-14-7-5-13(6-8-14)12(2)3/h5-10,12H,4,11,18H2,1-3H3. The largest absolute Gasteiger partial charge is 0.476 e. The Kier molecular flexibility index (Phi) is 5.51. The van der Waals surface area contributed by atoms with E-state index in [2.05, 4.69) is 50.0 Å². The summed E-state index contributed by atoms with van der Waals surface area (Å²) in [5, 5.41) is 0.896. The summed E-state index contributed by atoms with van der Waals surface area (Å²) in [5.41, 5.74) is 7.81. The molecule has 0 atom stereocenters. The summed E-state index contributed by atoms with van der Waals surface area (Å²) in [4.78, 5) is 5.64. The third-order valence-corrected chi connectivity index (χ3v) is 4.02. The fraction of sp³-hybridized carbons (Fsp3) is 0.353. The minimum Gasteiger partial charge on any atom is -0.476 e. The van der Waals surface area contributed by atoms with Gasteiger partial charge in [0.25, 0.3) is 0 Å². The molecule has 0 fully saturated rings. The van der Waals surface area contributed by atoms with E-state index in [-0.39, 0.29) is 0 Å². The maximum atomic E-state index is 5.88. The van der Waals surface area contributed by atoms with Crippen molar-refractivity contribution in [2.45, 2.75) is 43.0 Å². The zero-order valence-corrected chi connectivity index (χ0v) is 13.6. The average Bonchev–Trinajstić information content (AvgIpc) is 2.48. The summed E-state index contributed by atoms with van der Waals surface area (Å²) in [6.07, 6.45) is 0.940. The van der Waals surface area contributed by atoms with Crippen molar-refractivity contribution < 1.29 is 4.74 Å². The van der Waals surface area contributed by atoms with E-state index in [9.17, 15) is 0 Å². The third kappa shape index (κ3) is 4.39. The molecule has 0 saturated heterocycles. The number of nitrogens with two attached hydrogens (primary N) is 1. The second-order valence-electron chi connectivity index (χ2n) is 5.22. The molecule has 2 N–H and O–H groups in total. The van der Waals surface area contributed by atoms with E-state index in [4.69, 9.17) is 10.5 Å². The summed E-state index contributed by atoms with van der Waals surface area (Å²) >= 11 is 1.62. The number of benzene rings is 1. The molecule has 0 bridgehead atoms. The molecule has 0 amide bonds. The molecule has 0 spiro atoms. The van der Waals surface area contributed by atoms with Crippen molar-refractivity contribution in [3.05, 3.63) is 42.0 Å². The topological polar surface area (TPSA) is 48.1 Å². The SMILES string of the molecule is CCCOc1nc(Sc2ccc(C(C)C)cc2)ccc1N. The normalized spacial score (nSPS) is 10.9. The molecule has 0 aliphatic carbocycles. The first-order chi connectivity index (χ1) is 10.1. The monoisotopic (exact) mass is 302 g/mol. The number of aromatic nitrogens is 1. The van der Waals surface area contributed by atoms with Gasteiger partial charge in [-0.2, -0.15) is 0 Å². The maximum Gasteiger partial charge on any atom is 0.238 e. The quantitative estimate of drug-likeness (QED) is 0.838. The zero-order valence-electron chi connectivity index (χ0n) is 12.8. The number of ether oxygens (including phenoxy) is 1. The van der Waals surface area contributed by atoms with Crippen molar-refractivity contribution in [2.75, 3.05) is 12.3 Å². The summed E-state index contributed by atoms with van der Waals surface area (Å²) in [6, 6.07) is 12.4. The molecule has 1 heterocycles. The third-order valence-electron chi connectivity index (χ3n) is 3.08. The number of rotatable bonds is 6. The van der Waals surface area contributed by atoms with Gasteiger partial charge in [-0.15, -0.1) is 0 Å². The molecular formula is C17H22N2OS. The smallest absolute Gasteiger partial charge is 0.238 e. The lowest BCUT2D eigenvalue weighted by molar-refractivity contribution is 0.305. The molecule has 1 aromatic carbocycles. The van der Waals surface area contributed by atoms with Gasteiger partial charge in [0.2, 0.25) is 5.88 Å². The van der Waals surface area contributed by atoms with Gasteiger partial charge in [0.05, 0.1) is 12.3 Å². The highest BCUT2D eigenvalue weighted by molar-refractivity contribution is 7.99. The molecule has 0 aliphatic rings. The van der Waals surface area contributed by atoms with Gasteiger partial charge < -0.3 is 10.5 Å². The lowest BCUT2D eigenvalue weighted by Crippen LogP contribution is -2.01. The number of hydrogen-bond acceptors (Lipinski definition) is 4. The molecule has 1 aromatic heterocycles. The van der Waals surface area contributed by atoms with Gasteiger partial charge in [0.15, 0.2) is 0 Å². The van der Waals surface area contributed by atoms with Crippen LogP contribution >= 0.6 is 11.8 Å². The Morgan fingerprint density at radius 3 is 2.48 bits per heavy atom. The fourth-order valence-corrected chi connectivity index (χ4v) is 2.63. The van der Waals surface area contributed by atoms with E-state index in [0.29, 0.717) is 24.1 Å². The van der Waals surface area contributed by atoms with E-state index >= 15 is 0 Å². The summed E-state index contributed by atoms with van der Waals surface area (Å²) in [7, 11) is 0. The minimum atomic E-state index is 0.528. The predicted octanol–water partition coefficient (Wildman–Crippen LogP) is 4.73. The van der Waals surface area contributed by atoms with Crippen LogP contribution in [0, 0.1) is 0 Å². The van der Waals surface area contributed by atoms with Crippen LogP contribution in [0.1, 0.15) is 38.7 Å². The highest BCUT2D eigenvalue weighted by Gasteiger charge is 2.06. The van der Waals surface area contributed by atoms with Crippen LogP contribution in [-0.2, 0) is 0 Å². The first-order valence-electron chi connectivity index (χ1n) is 7.27. The van der Waals surface area contributed by atoms with Crippen molar-refractivity contribution in [3.8, 4) is 5.88 Å². The van der Waals surface area contributed by atoms with Crippen LogP contribution in [0.2, 0.25) is 0 Å². The fourth-order valence-electron chi connectivity index (χ4n) is 1.85. The Hall–Kier alpha value is -1.68. The van der Waals surface area contributed by atoms with Crippen LogP contribution in [-0.4, -0.2) is 11.6 Å². The molecule has 112 valence electrons. The Bertz CT molecular complexity index is 582. The molecule has 0 unspecified atom stereocenters. The van der Waals surface area contributed by atoms with Crippen LogP contribution in [0.5, 0.6) is 5.88 Å². The van der Waals surface area contributed by atoms with Crippen molar-refractivity contribution in [1.82, 2.24) is 4.98 Å². The molecule has 2 aromatic rings. The minimum absolute atomic E-state index is 0.528. The Morgan fingerprint density at radius 2 is 1.86 bits per heavy atom. The molecular weight excluding hydrogens is 280 g/mol. The highest BCUT2D eigenvalue weighted by atomic mass is 32.2. The average molecular weight is 302 g/mol. The first kappa shape index (κ1) is 15.7. The highest BCUT2D eigenvalue weighted by Crippen LogP contribution is 2.30. The lowest BCUT2D eigenvalue weighted by Gasteiger charge is -2.09. The molecule has 0 saturated carbocycles. The van der Waals surface area contributed by atoms with E-state index < -0.39 is 0 Å². The van der Waals surface area contributed by atoms with Gasteiger partial charge in [-0.05, 0) is 42.2 Å². The number of nitrogens with zero attached hydrogens (tertiary/aromatic N) is 1. The Morgan fingerprint density at radius 1 is 1.14 bits per heavy atom. The number of anilines is 1. The van der Waals surface area contributed by atoms with E-state index in [1.54, 1.807) is 11.8 Å². The van der Waals surface area contributed by atoms with Crippen LogP contribution in [0.15, 0.2) is 46.3 Å². The van der Waals surface area contributed by atoms with Crippen LogP contribution in [0.25, 0.3) is 0 Å². The lowest BCUT2D eigenvalue weighted by atomic mass is 10.0. The van der Waals surface area contributed by atoms with Crippen molar-refractivity contribution in [1.29, 1.82) is 0 Å². The van der Waals surface area contributed by atoms with Gasteiger partial charge in [0, 0.05) is 4.90 Å². The van der Waals surface area contributed by atoms with Crippen molar-refractivity contribution >= 4 is 17.4 Å². The van der Waals surface area contributed by atoms with Crippen molar-refractivity contribution in [3.63, 3.8) is 0 Å². The van der Waals surface area contributed by atoms with E-state index in [1.807, 2.05) is 12.1 Å². The molecule has 3 nitrogen and oxygen atoms in total. The van der Waals surface area contributed by atoms with Gasteiger partial charge in [-0.25, -0.2) is 4.98 Å². The van der Waals surface area contributed by atoms with Gasteiger partial charge >= 0.3 is 0 Å². The molecule has 21 heavy (non-hydrogen) atoms. The van der Waals surface area contributed by atoms with Crippen LogP contribution in [0.3, 0.4) is 0 Å². The van der Waals surface area contributed by atoms with E-state index in [1.165, 1.54) is 5.56 Å². The van der Waals surface area contributed by atoms with Crippen LogP contribution < -0.4 is 10.5 Å². The van der Waals surface area contributed by atoms with Crippen LogP contribution in [0.4, 0.5) is 5.69 Å². The zero-order chi connectivity index (χ0) is 15.2. The van der Waals surface area contributed by atoms with E-state index in [0.717, 1.165) is 16.3 Å². The number of nitrogen functional groups attached to an aromatic ring is 1. The van der Waals surface area contributed by atoms with Crippen molar-refractivity contribution in [2.24, 2.45) is 0 Å². The number of hydrogen-bond donors (Lipinski definition) is 1. The second-order valence-corrected chi connectivity index (χ2v) is 6.31. The molecule has 2 rings (SSSR count). The number of pyridine rings is 1. The molecule has 4 heteroatoms. The molecule has 0 radical (unpaired) electrons. The van der Waals surface area contributed by atoms with Gasteiger partial charge in [-0.3, -0.25) is 0 Å². The first-order valence-corrected chi connectivity index (χ1v) is 8.09. The summed E-state index contributed by atoms with van der Waals surface area (Å²) in [6.45, 7) is 7.08. The second kappa shape index (κ2) is 7.36. The molecule has 0 aliphatic heterocycles. The van der Waals surface area contributed by atoms with Gasteiger partial charge in [-0.1, -0.05) is 44.7 Å². The maximum absolute atomic E-state index is 5.88.